The zero-order chi connectivity index (χ0) is 20.7. The first-order valence-corrected chi connectivity index (χ1v) is 9.64. The predicted molar refractivity (Wildman–Crippen MR) is 110 cm³/mol. The van der Waals surface area contributed by atoms with E-state index >= 15 is 0 Å². The first-order chi connectivity index (χ1) is 12.3. The van der Waals surface area contributed by atoms with Crippen LogP contribution in [0.4, 0.5) is 0 Å². The molecule has 1 unspecified atom stereocenters. The quantitative estimate of drug-likeness (QED) is 0.312. The van der Waals surface area contributed by atoms with Crippen molar-refractivity contribution in [2.24, 2.45) is 5.41 Å². The van der Waals surface area contributed by atoms with Gasteiger partial charge >= 0.3 is 175 Å². The Morgan fingerprint density at radius 3 is 1.73 bits per heavy atom. The summed E-state index contributed by atoms with van der Waals surface area (Å²) in [6.07, 6.45) is 9.23. The van der Waals surface area contributed by atoms with Crippen LogP contribution in [0.1, 0.15) is 80.4 Å². The van der Waals surface area contributed by atoms with Gasteiger partial charge in [-0.15, -0.1) is 12.7 Å². The van der Waals surface area contributed by atoms with Crippen LogP contribution in [-0.2, 0) is 10.8 Å². The van der Waals surface area contributed by atoms with Gasteiger partial charge in [0.15, 0.2) is 0 Å². The van der Waals surface area contributed by atoms with Gasteiger partial charge in [0.05, 0.1) is 0 Å². The van der Waals surface area contributed by atoms with Gasteiger partial charge in [-0.05, 0) is 40.6 Å². The third-order valence-corrected chi connectivity index (χ3v) is 4.19. The van der Waals surface area contributed by atoms with Crippen molar-refractivity contribution in [2.45, 2.75) is 85.6 Å². The Morgan fingerprint density at radius 1 is 0.933 bits per heavy atom. The number of hydrogen-bond acceptors (Lipinski definition) is 4. The average Bonchev–Trinajstić information content (AvgIpc) is 3.28. The second kappa shape index (κ2) is 18.2. The normalized spacial score (nSPS) is 15.8. The Kier molecular flexibility index (Phi) is 23.2. The van der Waals surface area contributed by atoms with Gasteiger partial charge in [0.2, 0.25) is 0 Å². The van der Waals surface area contributed by atoms with Gasteiger partial charge in [0.1, 0.15) is 0 Å². The van der Waals surface area contributed by atoms with Crippen molar-refractivity contribution in [1.29, 1.82) is 0 Å². The minimum absolute atomic E-state index is 0. The fourth-order valence-corrected chi connectivity index (χ4v) is 2.39. The summed E-state index contributed by atoms with van der Waals surface area (Å²) in [5.74, 6) is 1.73. The number of oxazole rings is 1. The molecule has 0 amide bonds. The smallest absolute Gasteiger partial charge is 0.573 e. The van der Waals surface area contributed by atoms with Crippen LogP contribution in [-0.4, -0.2) is 17.6 Å². The van der Waals surface area contributed by atoms with E-state index in [4.69, 9.17) is 8.83 Å². The third-order valence-electron chi connectivity index (χ3n) is 4.19. The van der Waals surface area contributed by atoms with Crippen LogP contribution in [0, 0.1) is 24.1 Å². The zero-order valence-corrected chi connectivity index (χ0v) is 36.3. The van der Waals surface area contributed by atoms with Crippen molar-refractivity contribution in [2.75, 3.05) is 6.54 Å². The van der Waals surface area contributed by atoms with Gasteiger partial charge in [-0.3, -0.25) is 0 Å². The van der Waals surface area contributed by atoms with Crippen LogP contribution in [0.3, 0.4) is 0 Å². The van der Waals surface area contributed by atoms with Crippen LogP contribution < -0.4 is 180 Å². The molecule has 0 radical (unpaired) electrons. The fourth-order valence-electron chi connectivity index (χ4n) is 2.39. The molecule has 0 aromatic carbocycles. The average molecular weight is 630 g/mol. The SMILES string of the molecule is CC(C)(C)C1C[CH-]CN1.CC(C)(C)c1c[c-]co1.CC(C)(C)c1n[c-]co1.[Rb+].[Rb+].[Rb+]. The Labute approximate surface area is 332 Å². The second-order valence-corrected chi connectivity index (χ2v) is 10.0. The van der Waals surface area contributed by atoms with E-state index < -0.39 is 0 Å². The number of rotatable bonds is 0. The summed E-state index contributed by atoms with van der Waals surface area (Å²) >= 11 is 0. The molecular formula is C23H37N2O2Rb3. The number of furan rings is 1. The minimum atomic E-state index is 0. The van der Waals surface area contributed by atoms with E-state index in [0.29, 0.717) is 11.5 Å². The Bertz CT molecular complexity index is 573. The van der Waals surface area contributed by atoms with E-state index in [-0.39, 0.29) is 185 Å². The first kappa shape index (κ1) is 38.4. The van der Waals surface area contributed by atoms with Crippen molar-refractivity contribution >= 4 is 0 Å². The Morgan fingerprint density at radius 2 is 1.53 bits per heavy atom. The molecule has 1 atom stereocenters. The van der Waals surface area contributed by atoms with E-state index in [9.17, 15) is 0 Å². The molecule has 0 spiro atoms. The predicted octanol–water partition coefficient (Wildman–Crippen LogP) is -3.24. The summed E-state index contributed by atoms with van der Waals surface area (Å²) in [5.41, 5.74) is 0.576. The van der Waals surface area contributed by atoms with Crippen molar-refractivity contribution in [1.82, 2.24) is 10.3 Å². The van der Waals surface area contributed by atoms with E-state index in [1.54, 1.807) is 6.26 Å². The molecule has 0 aliphatic carbocycles. The molecule has 1 aliphatic rings. The summed E-state index contributed by atoms with van der Waals surface area (Å²) < 4.78 is 10.2. The van der Waals surface area contributed by atoms with E-state index in [1.165, 1.54) is 12.7 Å². The number of nitrogens with one attached hydrogen (secondary N) is 1. The summed E-state index contributed by atoms with van der Waals surface area (Å²) in [4.78, 5) is 3.90. The van der Waals surface area contributed by atoms with Crippen molar-refractivity contribution in [3.05, 3.63) is 48.9 Å². The molecule has 0 saturated carbocycles. The monoisotopic (exact) mass is 628 g/mol. The van der Waals surface area contributed by atoms with E-state index in [1.807, 2.05) is 26.8 Å². The largest absolute Gasteiger partial charge is 1.00 e. The summed E-state index contributed by atoms with van der Waals surface area (Å²) in [6, 6.07) is 5.45. The van der Waals surface area contributed by atoms with Gasteiger partial charge in [-0.2, -0.15) is 12.5 Å². The topological polar surface area (TPSA) is 51.2 Å². The van der Waals surface area contributed by atoms with Crippen LogP contribution in [0.15, 0.2) is 27.4 Å². The number of hydrogen-bond donors (Lipinski definition) is 1. The molecule has 4 nitrogen and oxygen atoms in total. The summed E-state index contributed by atoms with van der Waals surface area (Å²) in [5, 5.41) is 3.44. The van der Waals surface area contributed by atoms with Gasteiger partial charge in [-0.25, -0.2) is 6.07 Å². The van der Waals surface area contributed by atoms with E-state index in [2.05, 4.69) is 70.5 Å². The summed E-state index contributed by atoms with van der Waals surface area (Å²) in [7, 11) is 0. The second-order valence-electron chi connectivity index (χ2n) is 10.0. The molecular weight excluding hydrogens is 593 g/mol. The van der Waals surface area contributed by atoms with Gasteiger partial charge in [0.25, 0.3) is 0 Å². The van der Waals surface area contributed by atoms with Gasteiger partial charge in [0, 0.05) is 5.89 Å². The Hall–Kier alpha value is 3.87. The van der Waals surface area contributed by atoms with Crippen LogP contribution >= 0.6 is 0 Å². The molecule has 30 heavy (non-hydrogen) atoms. The van der Waals surface area contributed by atoms with E-state index in [0.717, 1.165) is 18.2 Å². The summed E-state index contributed by atoms with van der Waals surface area (Å²) in [6.45, 7) is 20.4. The van der Waals surface area contributed by atoms with Crippen molar-refractivity contribution < 1.29 is 183 Å². The number of aromatic nitrogens is 1. The molecule has 1 N–H and O–H groups in total. The molecule has 3 rings (SSSR count). The molecule has 2 aromatic rings. The Balaban J connectivity index is -0.000000347. The third kappa shape index (κ3) is 16.5. The maximum absolute atomic E-state index is 5.14. The van der Waals surface area contributed by atoms with Crippen LogP contribution in [0.2, 0.25) is 0 Å². The molecule has 1 fully saturated rings. The zero-order valence-electron chi connectivity index (χ0n) is 21.6. The fraction of sp³-hybridized carbons (Fsp3) is 0.652. The minimum Gasteiger partial charge on any atom is -0.573 e. The van der Waals surface area contributed by atoms with Crippen molar-refractivity contribution in [3.63, 3.8) is 0 Å². The molecule has 0 bridgehead atoms. The molecule has 2 aromatic heterocycles. The molecule has 1 saturated heterocycles. The molecule has 7 heteroatoms. The van der Waals surface area contributed by atoms with Crippen LogP contribution in [0.25, 0.3) is 0 Å². The molecule has 154 valence electrons. The first-order valence-electron chi connectivity index (χ1n) is 9.64. The maximum atomic E-state index is 5.14. The van der Waals surface area contributed by atoms with Gasteiger partial charge in [-0.1, -0.05) is 62.3 Å². The van der Waals surface area contributed by atoms with Gasteiger partial charge < -0.3 is 25.6 Å². The molecule has 1 aliphatic heterocycles. The standard InChI is InChI=1S/C8H16N.C8H11O.C7H10NO.3Rb/c2*1-8(2,3)7-5-4-6-9-7;1-7(2,3)6-8-4-5-9-6;;;/h4,7,9H,5-6H2,1-3H3;5-6H,1-3H3;5H,1-3H3;;;/q3*-1;3*+1. The maximum Gasteiger partial charge on any atom is 1.00 e. The van der Waals surface area contributed by atoms with Crippen LogP contribution in [0.5, 0.6) is 0 Å². The molecule has 3 heterocycles. The van der Waals surface area contributed by atoms with Crippen molar-refractivity contribution in [3.8, 4) is 0 Å². The number of nitrogens with zero attached hydrogens (tertiary/aromatic N) is 1.